The Balaban J connectivity index is 1.44. The molecule has 2 N–H and O–H groups in total. The third-order valence-corrected chi connectivity index (χ3v) is 7.43. The van der Waals surface area contributed by atoms with Crippen molar-refractivity contribution >= 4 is 57.2 Å². The van der Waals surface area contributed by atoms with Crippen LogP contribution in [0.15, 0.2) is 62.8 Å². The topological polar surface area (TPSA) is 69.6 Å². The van der Waals surface area contributed by atoms with Gasteiger partial charge >= 0.3 is 0 Å². The quantitative estimate of drug-likeness (QED) is 0.372. The normalized spacial score (nSPS) is 16.3. The Morgan fingerprint density at radius 3 is 2.81 bits per heavy atom. The molecule has 0 aliphatic carbocycles. The highest BCUT2D eigenvalue weighted by molar-refractivity contribution is 9.10. The van der Waals surface area contributed by atoms with Crippen molar-refractivity contribution in [1.29, 1.82) is 0 Å². The van der Waals surface area contributed by atoms with Gasteiger partial charge in [-0.2, -0.15) is 0 Å². The first-order chi connectivity index (χ1) is 15.0. The minimum absolute atomic E-state index is 0.0378. The lowest BCUT2D eigenvalue weighted by Gasteiger charge is -2.16. The molecule has 2 aromatic rings. The number of carbonyl (C=O) groups excluding carboxylic acids is 2. The predicted octanol–water partition coefficient (Wildman–Crippen LogP) is 4.61. The van der Waals surface area contributed by atoms with E-state index in [4.69, 9.17) is 16.7 Å². The summed E-state index contributed by atoms with van der Waals surface area (Å²) in [5.74, 6) is -0.0805. The molecular formula is C23H24BrClN2O3S. The first-order valence-electron chi connectivity index (χ1n) is 10.0. The number of likely N-dealkylation sites (tertiary alicyclic amines) is 1. The summed E-state index contributed by atoms with van der Waals surface area (Å²) >= 11 is 11.5. The lowest BCUT2D eigenvalue weighted by Crippen LogP contribution is -2.30. The number of benzene rings is 2. The van der Waals surface area contributed by atoms with Crippen LogP contribution in [0.1, 0.15) is 18.4 Å². The van der Waals surface area contributed by atoms with Gasteiger partial charge in [0.15, 0.2) is 0 Å². The highest BCUT2D eigenvalue weighted by atomic mass is 79.9. The van der Waals surface area contributed by atoms with Crippen LogP contribution in [0.3, 0.4) is 0 Å². The molecule has 5 nitrogen and oxygen atoms in total. The molecule has 0 aromatic heterocycles. The fourth-order valence-electron chi connectivity index (χ4n) is 3.25. The first kappa shape index (κ1) is 23.9. The summed E-state index contributed by atoms with van der Waals surface area (Å²) in [5.41, 5.74) is 0.842. The van der Waals surface area contributed by atoms with E-state index in [1.165, 1.54) is 6.08 Å². The highest BCUT2D eigenvalue weighted by Gasteiger charge is 2.28. The standard InChI is InChI=1S/C23H24BrClN2O3S/c24-18-4-1-2-5-20(18)31-21-8-6-16(12-19(21)25)7-9-22(29)26-10-3-11-27-14-17(15-28)13-23(27)30/h1-2,4-9,12,17,28H,3,10-11,13-15H2,(H,26,29)/b9-7+/t17-/m1/s1. The lowest BCUT2D eigenvalue weighted by molar-refractivity contribution is -0.127. The van der Waals surface area contributed by atoms with E-state index < -0.39 is 0 Å². The van der Waals surface area contributed by atoms with Gasteiger partial charge in [0, 0.05) is 58.9 Å². The van der Waals surface area contributed by atoms with Crippen molar-refractivity contribution < 1.29 is 14.7 Å². The molecule has 0 unspecified atom stereocenters. The Hall–Kier alpha value is -1.80. The van der Waals surface area contributed by atoms with E-state index in [0.29, 0.717) is 37.5 Å². The van der Waals surface area contributed by atoms with Crippen LogP contribution in [0, 0.1) is 5.92 Å². The molecular weight excluding hydrogens is 500 g/mol. The minimum atomic E-state index is -0.191. The zero-order chi connectivity index (χ0) is 22.2. The molecule has 3 rings (SSSR count). The zero-order valence-electron chi connectivity index (χ0n) is 16.9. The van der Waals surface area contributed by atoms with E-state index in [2.05, 4.69) is 21.2 Å². The van der Waals surface area contributed by atoms with Gasteiger partial charge in [-0.3, -0.25) is 9.59 Å². The van der Waals surface area contributed by atoms with Gasteiger partial charge in [0.2, 0.25) is 11.8 Å². The third-order valence-electron chi connectivity index (χ3n) is 4.90. The van der Waals surface area contributed by atoms with Crippen LogP contribution >= 0.6 is 39.3 Å². The number of nitrogens with zero attached hydrogens (tertiary/aromatic N) is 1. The number of nitrogens with one attached hydrogen (secondary N) is 1. The average molecular weight is 524 g/mol. The van der Waals surface area contributed by atoms with E-state index >= 15 is 0 Å². The number of carbonyl (C=O) groups is 2. The molecule has 164 valence electrons. The Labute approximate surface area is 200 Å². The number of aliphatic hydroxyl groups is 1. The van der Waals surface area contributed by atoms with Crippen molar-refractivity contribution in [2.24, 2.45) is 5.92 Å². The third kappa shape index (κ3) is 7.10. The van der Waals surface area contributed by atoms with Crippen LogP contribution in [0.5, 0.6) is 0 Å². The molecule has 0 bridgehead atoms. The maximum atomic E-state index is 12.1. The number of halogens is 2. The summed E-state index contributed by atoms with van der Waals surface area (Å²) in [5, 5.41) is 12.6. The van der Waals surface area contributed by atoms with E-state index in [1.807, 2.05) is 42.5 Å². The van der Waals surface area contributed by atoms with Crippen molar-refractivity contribution in [3.05, 3.63) is 63.6 Å². The summed E-state index contributed by atoms with van der Waals surface area (Å²) < 4.78 is 1.01. The second-order valence-corrected chi connectivity index (χ2v) is 9.64. The Morgan fingerprint density at radius 2 is 2.10 bits per heavy atom. The SMILES string of the molecule is O=C(/C=C/c1ccc(Sc2ccccc2Br)c(Cl)c1)NCCCN1C[C@H](CO)CC1=O. The second-order valence-electron chi connectivity index (χ2n) is 7.29. The Morgan fingerprint density at radius 1 is 1.29 bits per heavy atom. The van der Waals surface area contributed by atoms with E-state index in [9.17, 15) is 9.59 Å². The molecule has 1 aliphatic rings. The van der Waals surface area contributed by atoms with Crippen LogP contribution in [0.25, 0.3) is 6.08 Å². The van der Waals surface area contributed by atoms with Crippen molar-refractivity contribution in [2.45, 2.75) is 22.6 Å². The van der Waals surface area contributed by atoms with Crippen LogP contribution in [-0.4, -0.2) is 48.1 Å². The minimum Gasteiger partial charge on any atom is -0.396 e. The Bertz CT molecular complexity index is 970. The number of hydrogen-bond donors (Lipinski definition) is 2. The van der Waals surface area contributed by atoms with Crippen molar-refractivity contribution in [3.63, 3.8) is 0 Å². The summed E-state index contributed by atoms with van der Waals surface area (Å²) in [6.45, 7) is 1.71. The van der Waals surface area contributed by atoms with Gasteiger partial charge in [-0.05, 0) is 58.3 Å². The second kappa shape index (κ2) is 11.7. The summed E-state index contributed by atoms with van der Waals surface area (Å²) in [6.07, 6.45) is 4.29. The highest BCUT2D eigenvalue weighted by Crippen LogP contribution is 2.37. The van der Waals surface area contributed by atoms with Crippen molar-refractivity contribution in [3.8, 4) is 0 Å². The van der Waals surface area contributed by atoms with Gasteiger partial charge in [-0.15, -0.1) is 0 Å². The zero-order valence-corrected chi connectivity index (χ0v) is 20.0. The van der Waals surface area contributed by atoms with Crippen molar-refractivity contribution in [1.82, 2.24) is 10.2 Å². The van der Waals surface area contributed by atoms with E-state index in [1.54, 1.807) is 22.7 Å². The molecule has 2 aromatic carbocycles. The monoisotopic (exact) mass is 522 g/mol. The molecule has 1 atom stereocenters. The molecule has 1 fully saturated rings. The molecule has 0 saturated carbocycles. The molecule has 1 aliphatic heterocycles. The molecule has 31 heavy (non-hydrogen) atoms. The molecule has 0 spiro atoms. The molecule has 2 amide bonds. The molecule has 0 radical (unpaired) electrons. The fraction of sp³-hybridized carbons (Fsp3) is 0.304. The number of rotatable bonds is 9. The summed E-state index contributed by atoms with van der Waals surface area (Å²) in [7, 11) is 0. The predicted molar refractivity (Wildman–Crippen MR) is 128 cm³/mol. The van der Waals surface area contributed by atoms with E-state index in [0.717, 1.165) is 19.8 Å². The van der Waals surface area contributed by atoms with Crippen LogP contribution < -0.4 is 5.32 Å². The molecule has 8 heteroatoms. The van der Waals surface area contributed by atoms with Gasteiger partial charge < -0.3 is 15.3 Å². The largest absolute Gasteiger partial charge is 0.396 e. The maximum absolute atomic E-state index is 12.1. The van der Waals surface area contributed by atoms with Gasteiger partial charge in [0.1, 0.15) is 0 Å². The lowest BCUT2D eigenvalue weighted by atomic mass is 10.1. The van der Waals surface area contributed by atoms with Gasteiger partial charge in [0.05, 0.1) is 5.02 Å². The molecule has 1 heterocycles. The maximum Gasteiger partial charge on any atom is 0.244 e. The van der Waals surface area contributed by atoms with Gasteiger partial charge in [-0.25, -0.2) is 0 Å². The fourth-order valence-corrected chi connectivity index (χ4v) is 4.93. The van der Waals surface area contributed by atoms with Gasteiger partial charge in [-0.1, -0.05) is 41.6 Å². The molecule has 1 saturated heterocycles. The number of aliphatic hydroxyl groups excluding tert-OH is 1. The van der Waals surface area contributed by atoms with Crippen molar-refractivity contribution in [2.75, 3.05) is 26.2 Å². The number of amides is 2. The average Bonchev–Trinajstić information content (AvgIpc) is 3.12. The number of hydrogen-bond acceptors (Lipinski definition) is 4. The van der Waals surface area contributed by atoms with Gasteiger partial charge in [0.25, 0.3) is 0 Å². The van der Waals surface area contributed by atoms with E-state index in [-0.39, 0.29) is 24.3 Å². The van der Waals surface area contributed by atoms with Crippen LogP contribution in [0.4, 0.5) is 0 Å². The Kier molecular flexibility index (Phi) is 9.02. The van der Waals surface area contributed by atoms with Crippen LogP contribution in [-0.2, 0) is 9.59 Å². The summed E-state index contributed by atoms with van der Waals surface area (Å²) in [4.78, 5) is 27.6. The first-order valence-corrected chi connectivity index (χ1v) is 12.0. The van der Waals surface area contributed by atoms with Crippen LogP contribution in [0.2, 0.25) is 5.02 Å². The summed E-state index contributed by atoms with van der Waals surface area (Å²) in [6, 6.07) is 13.6. The smallest absolute Gasteiger partial charge is 0.244 e.